The minimum Gasteiger partial charge on any atom is -0.456 e. The van der Waals surface area contributed by atoms with Gasteiger partial charge < -0.3 is 8.98 Å². The van der Waals surface area contributed by atoms with Crippen LogP contribution in [-0.2, 0) is 5.41 Å². The Balaban J connectivity index is 1.22. The van der Waals surface area contributed by atoms with Crippen molar-refractivity contribution in [1.29, 1.82) is 0 Å². The van der Waals surface area contributed by atoms with E-state index in [2.05, 4.69) is 192 Å². The number of nitrogens with zero attached hydrogens (tertiary/aromatic N) is 1. The van der Waals surface area contributed by atoms with Crippen molar-refractivity contribution in [3.05, 3.63) is 210 Å². The Kier molecular flexibility index (Phi) is 6.41. The summed E-state index contributed by atoms with van der Waals surface area (Å²) >= 11 is 0. The van der Waals surface area contributed by atoms with Crippen LogP contribution in [0.4, 0.5) is 0 Å². The summed E-state index contributed by atoms with van der Waals surface area (Å²) in [6.07, 6.45) is 0. The van der Waals surface area contributed by atoms with E-state index in [0.717, 1.165) is 49.8 Å². The van der Waals surface area contributed by atoms with E-state index in [-0.39, 0.29) is 0 Å². The van der Waals surface area contributed by atoms with Crippen LogP contribution in [0.15, 0.2) is 192 Å². The van der Waals surface area contributed by atoms with E-state index in [9.17, 15) is 0 Å². The van der Waals surface area contributed by atoms with Crippen molar-refractivity contribution in [2.75, 3.05) is 0 Å². The second-order valence-electron chi connectivity index (χ2n) is 13.9. The maximum atomic E-state index is 6.40. The van der Waals surface area contributed by atoms with E-state index >= 15 is 0 Å². The summed E-state index contributed by atoms with van der Waals surface area (Å²) in [6, 6.07) is 67.2. The lowest BCUT2D eigenvalue weighted by Crippen LogP contribution is -2.25. The van der Waals surface area contributed by atoms with Crippen molar-refractivity contribution >= 4 is 43.7 Å². The van der Waals surface area contributed by atoms with Crippen LogP contribution in [0.1, 0.15) is 22.3 Å². The summed E-state index contributed by atoms with van der Waals surface area (Å²) in [5.41, 5.74) is 13.9. The van der Waals surface area contributed by atoms with Crippen LogP contribution >= 0.6 is 0 Å². The topological polar surface area (TPSA) is 18.1 Å². The lowest BCUT2D eigenvalue weighted by Gasteiger charge is -2.28. The number of para-hydroxylation sites is 2. The average Bonchev–Trinajstić information content (AvgIpc) is 3.86. The number of aromatic nitrogens is 1. The lowest BCUT2D eigenvalue weighted by molar-refractivity contribution is 0.669. The molecule has 0 spiro atoms. The molecule has 1 aliphatic carbocycles. The van der Waals surface area contributed by atoms with Crippen molar-refractivity contribution in [1.82, 2.24) is 4.57 Å². The maximum absolute atomic E-state index is 6.40. The minimum absolute atomic E-state index is 0.709. The molecule has 0 saturated heterocycles. The van der Waals surface area contributed by atoms with Crippen LogP contribution in [0, 0.1) is 11.8 Å². The first-order valence-corrected chi connectivity index (χ1v) is 18.1. The summed E-state index contributed by atoms with van der Waals surface area (Å²) < 4.78 is 8.86. The Labute approximate surface area is 307 Å². The Bertz CT molecular complexity index is 3100. The first-order chi connectivity index (χ1) is 26.3. The van der Waals surface area contributed by atoms with Gasteiger partial charge in [-0.3, -0.25) is 0 Å². The first kappa shape index (κ1) is 29.6. The molecule has 1 unspecified atom stereocenters. The molecule has 0 fully saturated rings. The fourth-order valence-corrected chi connectivity index (χ4v) is 8.69. The number of fused-ring (bicyclic) bond motifs is 9. The van der Waals surface area contributed by atoms with E-state index in [0.29, 0.717) is 0 Å². The van der Waals surface area contributed by atoms with E-state index in [4.69, 9.17) is 4.42 Å². The smallest absolute Gasteiger partial charge is 0.136 e. The lowest BCUT2D eigenvalue weighted by atomic mass is 9.72. The maximum Gasteiger partial charge on any atom is 0.136 e. The Morgan fingerprint density at radius 2 is 1.13 bits per heavy atom. The molecule has 2 aromatic heterocycles. The molecule has 0 bridgehead atoms. The molecular weight excluding hydrogens is 643 g/mol. The highest BCUT2D eigenvalue weighted by Crippen LogP contribution is 2.55. The third-order valence-electron chi connectivity index (χ3n) is 11.1. The molecule has 2 nitrogen and oxygen atoms in total. The fourth-order valence-electron chi connectivity index (χ4n) is 8.69. The molecule has 1 atom stereocenters. The molecule has 0 aliphatic heterocycles. The van der Waals surface area contributed by atoms with Crippen molar-refractivity contribution < 1.29 is 4.42 Å². The molecule has 246 valence electrons. The van der Waals surface area contributed by atoms with Gasteiger partial charge in [0.25, 0.3) is 0 Å². The van der Waals surface area contributed by atoms with Crippen molar-refractivity contribution in [2.24, 2.45) is 0 Å². The number of rotatable bonds is 3. The second kappa shape index (κ2) is 11.5. The SMILES string of the molecule is C(#CC1(c2ccc(-c3ccccc3)cc2)c2ccccc2-c2c(-n3c4ccccc4c4cc5oc6ccccc6c5cc43)cccc21)c1ccccc1. The van der Waals surface area contributed by atoms with Crippen LogP contribution in [0.25, 0.3) is 71.7 Å². The van der Waals surface area contributed by atoms with E-state index in [1.54, 1.807) is 0 Å². The van der Waals surface area contributed by atoms with Gasteiger partial charge in [0.1, 0.15) is 16.6 Å². The zero-order chi connectivity index (χ0) is 34.9. The second-order valence-corrected chi connectivity index (χ2v) is 13.9. The standard InChI is InChI=1S/C51H31NO/c1-3-14-34(15-4-1)30-31-51(37-28-26-36(27-29-37)35-16-5-2-6-17-35)43-21-10-7-20-40(43)50-44(51)22-13-24-46(50)52-45-23-11-8-18-38(45)41-33-49-42(32-47(41)52)39-19-9-12-25-48(39)53-49/h1-29,32-33H. The van der Waals surface area contributed by atoms with Gasteiger partial charge in [-0.15, -0.1) is 0 Å². The van der Waals surface area contributed by atoms with E-state index in [1.807, 2.05) is 12.1 Å². The molecule has 53 heavy (non-hydrogen) atoms. The van der Waals surface area contributed by atoms with Crippen molar-refractivity contribution in [3.63, 3.8) is 0 Å². The Hall–Kier alpha value is -7.08. The number of hydrogen-bond donors (Lipinski definition) is 0. The minimum atomic E-state index is -0.709. The molecule has 2 heterocycles. The molecule has 1 aliphatic rings. The van der Waals surface area contributed by atoms with Crippen molar-refractivity contribution in [3.8, 4) is 39.8 Å². The fraction of sp³-hybridized carbons (Fsp3) is 0.0196. The summed E-state index contributed by atoms with van der Waals surface area (Å²) in [6.45, 7) is 0. The highest BCUT2D eigenvalue weighted by atomic mass is 16.3. The summed E-state index contributed by atoms with van der Waals surface area (Å²) in [4.78, 5) is 0. The highest BCUT2D eigenvalue weighted by Gasteiger charge is 2.45. The van der Waals surface area contributed by atoms with Gasteiger partial charge in [-0.1, -0.05) is 157 Å². The predicted octanol–water partition coefficient (Wildman–Crippen LogP) is 12.7. The molecular formula is C51H31NO. The zero-order valence-electron chi connectivity index (χ0n) is 28.8. The van der Waals surface area contributed by atoms with E-state index in [1.165, 1.54) is 44.2 Å². The summed E-state index contributed by atoms with van der Waals surface area (Å²) in [5, 5.41) is 4.61. The molecule has 11 rings (SSSR count). The van der Waals surface area contributed by atoms with Gasteiger partial charge >= 0.3 is 0 Å². The quantitative estimate of drug-likeness (QED) is 0.171. The molecule has 2 heteroatoms. The summed E-state index contributed by atoms with van der Waals surface area (Å²) in [5.74, 6) is 7.55. The molecule has 8 aromatic carbocycles. The molecule has 10 aromatic rings. The number of hydrogen-bond acceptors (Lipinski definition) is 1. The summed E-state index contributed by atoms with van der Waals surface area (Å²) in [7, 11) is 0. The van der Waals surface area contributed by atoms with Crippen LogP contribution in [-0.4, -0.2) is 4.57 Å². The van der Waals surface area contributed by atoms with Gasteiger partial charge in [0.15, 0.2) is 0 Å². The Morgan fingerprint density at radius 1 is 0.453 bits per heavy atom. The first-order valence-electron chi connectivity index (χ1n) is 18.1. The highest BCUT2D eigenvalue weighted by molar-refractivity contribution is 6.17. The van der Waals surface area contributed by atoms with Crippen LogP contribution in [0.5, 0.6) is 0 Å². The third kappa shape index (κ3) is 4.35. The van der Waals surface area contributed by atoms with E-state index < -0.39 is 5.41 Å². The molecule has 0 N–H and O–H groups in total. The number of furan rings is 1. The zero-order valence-corrected chi connectivity index (χ0v) is 28.8. The normalized spacial score (nSPS) is 14.7. The van der Waals surface area contributed by atoms with Crippen LogP contribution in [0.2, 0.25) is 0 Å². The molecule has 0 radical (unpaired) electrons. The number of benzene rings is 8. The predicted molar refractivity (Wildman–Crippen MR) is 219 cm³/mol. The van der Waals surface area contributed by atoms with Gasteiger partial charge in [0, 0.05) is 32.7 Å². The van der Waals surface area contributed by atoms with Gasteiger partial charge in [-0.05, 0) is 75.8 Å². The van der Waals surface area contributed by atoms with Crippen LogP contribution < -0.4 is 0 Å². The molecule has 0 amide bonds. The molecule has 0 saturated carbocycles. The van der Waals surface area contributed by atoms with Gasteiger partial charge in [-0.25, -0.2) is 0 Å². The average molecular weight is 674 g/mol. The van der Waals surface area contributed by atoms with Gasteiger partial charge in [-0.2, -0.15) is 0 Å². The monoisotopic (exact) mass is 673 g/mol. The van der Waals surface area contributed by atoms with Gasteiger partial charge in [0.05, 0.1) is 16.7 Å². The third-order valence-corrected chi connectivity index (χ3v) is 11.1. The largest absolute Gasteiger partial charge is 0.456 e. The van der Waals surface area contributed by atoms with Gasteiger partial charge in [0.2, 0.25) is 0 Å². The van der Waals surface area contributed by atoms with Crippen molar-refractivity contribution in [2.45, 2.75) is 5.41 Å². The Morgan fingerprint density at radius 3 is 1.98 bits per heavy atom. The van der Waals surface area contributed by atoms with Crippen LogP contribution in [0.3, 0.4) is 0 Å².